The fourth-order valence-corrected chi connectivity index (χ4v) is 3.92. The van der Waals surface area contributed by atoms with Crippen molar-refractivity contribution < 1.29 is 14.3 Å². The lowest BCUT2D eigenvalue weighted by atomic mass is 10.00. The third-order valence-electron chi connectivity index (χ3n) is 5.55. The number of urea groups is 1. The molecule has 0 radical (unpaired) electrons. The molecule has 1 unspecified atom stereocenters. The van der Waals surface area contributed by atoms with E-state index in [4.69, 9.17) is 9.47 Å². The predicted molar refractivity (Wildman–Crippen MR) is 91.5 cm³/mol. The largest absolute Gasteiger partial charge is 0.486 e. The maximum absolute atomic E-state index is 12.8. The van der Waals surface area contributed by atoms with Crippen LogP contribution in [0.5, 0.6) is 11.5 Å². The second kappa shape index (κ2) is 6.19. The Morgan fingerprint density at radius 1 is 1.25 bits per heavy atom. The molecule has 3 aliphatic rings. The molecular weight excluding hydrogens is 304 g/mol. The van der Waals surface area contributed by atoms with E-state index in [-0.39, 0.29) is 11.6 Å². The quantitative estimate of drug-likeness (QED) is 0.924. The van der Waals surface area contributed by atoms with Crippen LogP contribution in [0.4, 0.5) is 4.79 Å². The molecule has 0 spiro atoms. The second-order valence-electron chi connectivity index (χ2n) is 7.12. The van der Waals surface area contributed by atoms with Gasteiger partial charge in [-0.25, -0.2) is 4.79 Å². The van der Waals surface area contributed by atoms with E-state index in [0.29, 0.717) is 19.3 Å². The van der Waals surface area contributed by atoms with Gasteiger partial charge in [0.15, 0.2) is 11.5 Å². The molecule has 1 aromatic rings. The summed E-state index contributed by atoms with van der Waals surface area (Å²) in [4.78, 5) is 14.9. The summed E-state index contributed by atoms with van der Waals surface area (Å²) >= 11 is 0. The molecule has 2 aliphatic heterocycles. The number of likely N-dealkylation sites (tertiary alicyclic amines) is 1. The Hall–Kier alpha value is -1.91. The summed E-state index contributed by atoms with van der Waals surface area (Å²) in [6.07, 6.45) is 6.48. The van der Waals surface area contributed by atoms with Crippen molar-refractivity contribution in [2.24, 2.45) is 0 Å². The van der Waals surface area contributed by atoms with Crippen LogP contribution < -0.4 is 14.8 Å². The normalized spacial score (nSPS) is 24.4. The minimum atomic E-state index is -0.220. The van der Waals surface area contributed by atoms with E-state index in [1.54, 1.807) is 0 Å². The highest BCUT2D eigenvalue weighted by molar-refractivity contribution is 5.76. The summed E-state index contributed by atoms with van der Waals surface area (Å²) < 4.78 is 11.3. The van der Waals surface area contributed by atoms with Gasteiger partial charge in [0.05, 0.1) is 5.54 Å². The minimum absolute atomic E-state index is 0.0916. The number of amides is 2. The van der Waals surface area contributed by atoms with Crippen LogP contribution in [0, 0.1) is 0 Å². The molecule has 1 saturated heterocycles. The van der Waals surface area contributed by atoms with E-state index < -0.39 is 0 Å². The second-order valence-corrected chi connectivity index (χ2v) is 7.12. The number of hydrogen-bond acceptors (Lipinski definition) is 3. The molecular formula is C19H26N2O3. The van der Waals surface area contributed by atoms with Crippen molar-refractivity contribution in [3.63, 3.8) is 0 Å². The van der Waals surface area contributed by atoms with Crippen LogP contribution in [-0.4, -0.2) is 36.7 Å². The van der Waals surface area contributed by atoms with Gasteiger partial charge in [0.25, 0.3) is 0 Å². The van der Waals surface area contributed by atoms with Crippen molar-refractivity contribution in [1.82, 2.24) is 10.2 Å². The Labute approximate surface area is 143 Å². The van der Waals surface area contributed by atoms with E-state index >= 15 is 0 Å². The summed E-state index contributed by atoms with van der Waals surface area (Å²) in [5.74, 6) is 1.60. The summed E-state index contributed by atoms with van der Waals surface area (Å²) in [5.41, 5.74) is 0.910. The molecule has 2 amide bonds. The highest BCUT2D eigenvalue weighted by Crippen LogP contribution is 2.48. The molecule has 24 heavy (non-hydrogen) atoms. The first-order valence-electron chi connectivity index (χ1n) is 9.21. The Morgan fingerprint density at radius 3 is 2.79 bits per heavy atom. The van der Waals surface area contributed by atoms with Crippen molar-refractivity contribution in [3.05, 3.63) is 23.8 Å². The number of carbonyl (C=O) groups excluding carboxylic acids is 1. The highest BCUT2D eigenvalue weighted by Gasteiger charge is 2.47. The van der Waals surface area contributed by atoms with E-state index in [1.165, 1.54) is 6.42 Å². The Bertz CT molecular complexity index is 627. The maximum Gasteiger partial charge on any atom is 0.318 e. The third-order valence-corrected chi connectivity index (χ3v) is 5.55. The molecule has 1 N–H and O–H groups in total. The lowest BCUT2D eigenvalue weighted by Crippen LogP contribution is -2.51. The van der Waals surface area contributed by atoms with Crippen molar-refractivity contribution in [1.29, 1.82) is 0 Å². The number of carbonyl (C=O) groups is 1. The predicted octanol–water partition coefficient (Wildman–Crippen LogP) is 3.42. The molecule has 0 bridgehead atoms. The lowest BCUT2D eigenvalue weighted by Gasteiger charge is -2.36. The molecule has 0 aromatic heterocycles. The number of piperidine rings is 1. The molecule has 5 heteroatoms. The number of rotatable bonds is 3. The Kier molecular flexibility index (Phi) is 4.02. The molecule has 4 rings (SSSR count). The molecule has 5 nitrogen and oxygen atoms in total. The van der Waals surface area contributed by atoms with Gasteiger partial charge in [0.1, 0.15) is 13.2 Å². The Balaban J connectivity index is 1.50. The Morgan fingerprint density at radius 2 is 2.04 bits per heavy atom. The van der Waals surface area contributed by atoms with Crippen molar-refractivity contribution >= 4 is 6.03 Å². The zero-order valence-corrected chi connectivity index (χ0v) is 14.3. The standard InChI is InChI=1S/C19H26N2O3/c1-2-15-5-3-4-10-21(15)18(22)20-19(8-9-19)14-6-7-16-17(13-14)24-12-11-23-16/h6-7,13,15H,2-5,8-12H2,1H3,(H,20,22). The van der Waals surface area contributed by atoms with Crippen LogP contribution in [0.1, 0.15) is 51.0 Å². The highest BCUT2D eigenvalue weighted by atomic mass is 16.6. The molecule has 1 atom stereocenters. The third kappa shape index (κ3) is 2.80. The molecule has 1 aromatic carbocycles. The fourth-order valence-electron chi connectivity index (χ4n) is 3.92. The van der Waals surface area contributed by atoms with Gasteiger partial charge in [-0.05, 0) is 56.2 Å². The van der Waals surface area contributed by atoms with Gasteiger partial charge in [-0.15, -0.1) is 0 Å². The average Bonchev–Trinajstić information content (AvgIpc) is 3.42. The summed E-state index contributed by atoms with van der Waals surface area (Å²) in [5, 5.41) is 3.32. The van der Waals surface area contributed by atoms with Crippen molar-refractivity contribution in [2.75, 3.05) is 19.8 Å². The van der Waals surface area contributed by atoms with Gasteiger partial charge in [-0.3, -0.25) is 0 Å². The van der Waals surface area contributed by atoms with Crippen LogP contribution in [0.2, 0.25) is 0 Å². The van der Waals surface area contributed by atoms with E-state index in [2.05, 4.69) is 18.3 Å². The summed E-state index contributed by atoms with van der Waals surface area (Å²) in [7, 11) is 0. The number of fused-ring (bicyclic) bond motifs is 1. The lowest BCUT2D eigenvalue weighted by molar-refractivity contribution is 0.144. The molecule has 1 aliphatic carbocycles. The number of ether oxygens (including phenoxy) is 2. The first-order chi connectivity index (χ1) is 11.7. The van der Waals surface area contributed by atoms with Gasteiger partial charge < -0.3 is 19.7 Å². The van der Waals surface area contributed by atoms with Crippen LogP contribution in [0.3, 0.4) is 0 Å². The van der Waals surface area contributed by atoms with Crippen molar-refractivity contribution in [2.45, 2.75) is 57.0 Å². The maximum atomic E-state index is 12.8. The smallest absolute Gasteiger partial charge is 0.318 e. The fraction of sp³-hybridized carbons (Fsp3) is 0.632. The van der Waals surface area contributed by atoms with Gasteiger partial charge >= 0.3 is 6.03 Å². The monoisotopic (exact) mass is 330 g/mol. The molecule has 2 heterocycles. The average molecular weight is 330 g/mol. The van der Waals surface area contributed by atoms with Crippen molar-refractivity contribution in [3.8, 4) is 11.5 Å². The number of nitrogens with one attached hydrogen (secondary N) is 1. The number of benzene rings is 1. The van der Waals surface area contributed by atoms with E-state index in [9.17, 15) is 4.79 Å². The first kappa shape index (κ1) is 15.6. The SMILES string of the molecule is CCC1CCCCN1C(=O)NC1(c2ccc3c(c2)OCCO3)CC1. The molecule has 1 saturated carbocycles. The summed E-state index contributed by atoms with van der Waals surface area (Å²) in [6, 6.07) is 6.54. The zero-order chi connectivity index (χ0) is 16.6. The van der Waals surface area contributed by atoms with Crippen LogP contribution in [0.15, 0.2) is 18.2 Å². The van der Waals surface area contributed by atoms with E-state index in [1.807, 2.05) is 17.0 Å². The number of hydrogen-bond donors (Lipinski definition) is 1. The van der Waals surface area contributed by atoms with Gasteiger partial charge in [-0.2, -0.15) is 0 Å². The molecule has 2 fully saturated rings. The number of nitrogens with zero attached hydrogens (tertiary/aromatic N) is 1. The zero-order valence-electron chi connectivity index (χ0n) is 14.3. The first-order valence-corrected chi connectivity index (χ1v) is 9.21. The van der Waals surface area contributed by atoms with Gasteiger partial charge in [0, 0.05) is 12.6 Å². The van der Waals surface area contributed by atoms with E-state index in [0.717, 1.165) is 55.7 Å². The topological polar surface area (TPSA) is 50.8 Å². The van der Waals surface area contributed by atoms with Crippen LogP contribution >= 0.6 is 0 Å². The van der Waals surface area contributed by atoms with Crippen LogP contribution in [0.25, 0.3) is 0 Å². The molecule has 130 valence electrons. The van der Waals surface area contributed by atoms with Gasteiger partial charge in [-0.1, -0.05) is 13.0 Å². The van der Waals surface area contributed by atoms with Gasteiger partial charge in [0.2, 0.25) is 0 Å². The minimum Gasteiger partial charge on any atom is -0.486 e. The summed E-state index contributed by atoms with van der Waals surface area (Å²) in [6.45, 7) is 4.23. The van der Waals surface area contributed by atoms with Crippen LogP contribution in [-0.2, 0) is 5.54 Å².